The normalized spacial score (nSPS) is 11.3. The monoisotopic (exact) mass is 765 g/mol. The van der Waals surface area contributed by atoms with Gasteiger partial charge in [0.2, 0.25) is 0 Å². The van der Waals surface area contributed by atoms with Crippen LogP contribution in [0, 0.1) is 0 Å². The highest BCUT2D eigenvalue weighted by atomic mass is 15.0. The van der Waals surface area contributed by atoms with E-state index in [1.54, 1.807) is 0 Å². The van der Waals surface area contributed by atoms with Crippen LogP contribution in [0.15, 0.2) is 212 Å². The van der Waals surface area contributed by atoms with E-state index in [0.29, 0.717) is 23.3 Å². The van der Waals surface area contributed by atoms with Gasteiger partial charge in [-0.05, 0) is 56.1 Å². The fourth-order valence-electron chi connectivity index (χ4n) is 8.14. The SMILES string of the molecule is c1ccc(-c2cc(-c3ccc4c(ccc5ccccc54)c3)nc(-c3ccc(-c4c(-c5nc(-c6ccccc6)nc(-c6ccccc6)n5)ccc5ccccc45)cc3)n2)cc1. The second-order valence-corrected chi connectivity index (χ2v) is 14.9. The standard InChI is InChI=1S/C55H35N5/c1-4-16-38(17-5-1)49-35-50(44-31-32-46-43(34-44)29-24-36-14-10-12-22-45(36)46)57-52(56-49)42-27-25-39(26-28-42)51-47-23-13-11-15-37(47)30-33-48(51)55-59-53(40-18-6-2-7-19-40)58-54(60-55)41-20-8-3-9-21-41/h1-35H. The third kappa shape index (κ3) is 6.54. The summed E-state index contributed by atoms with van der Waals surface area (Å²) in [5.41, 5.74) is 9.60. The molecule has 0 aliphatic rings. The molecule has 0 atom stereocenters. The van der Waals surface area contributed by atoms with Crippen molar-refractivity contribution in [3.63, 3.8) is 0 Å². The molecule has 0 amide bonds. The van der Waals surface area contributed by atoms with E-state index in [4.69, 9.17) is 24.9 Å². The van der Waals surface area contributed by atoms with Crippen molar-refractivity contribution in [2.24, 2.45) is 0 Å². The molecule has 0 aliphatic heterocycles. The maximum Gasteiger partial charge on any atom is 0.164 e. The summed E-state index contributed by atoms with van der Waals surface area (Å²) in [5, 5.41) is 7.12. The Bertz CT molecular complexity index is 3290. The van der Waals surface area contributed by atoms with Crippen molar-refractivity contribution in [1.29, 1.82) is 0 Å². The van der Waals surface area contributed by atoms with Gasteiger partial charge in [-0.15, -0.1) is 0 Å². The highest BCUT2D eigenvalue weighted by Gasteiger charge is 2.19. The molecule has 2 heterocycles. The molecule has 11 rings (SSSR count). The van der Waals surface area contributed by atoms with Gasteiger partial charge in [0, 0.05) is 38.9 Å². The maximum absolute atomic E-state index is 5.22. The zero-order valence-electron chi connectivity index (χ0n) is 32.4. The second-order valence-electron chi connectivity index (χ2n) is 14.9. The first kappa shape index (κ1) is 35.0. The number of rotatable bonds is 7. The van der Waals surface area contributed by atoms with Crippen molar-refractivity contribution >= 4 is 32.3 Å². The van der Waals surface area contributed by atoms with Gasteiger partial charge in [0.05, 0.1) is 11.4 Å². The second kappa shape index (κ2) is 15.0. The predicted octanol–water partition coefficient (Wildman–Crippen LogP) is 13.8. The molecule has 0 saturated heterocycles. The molecule has 0 spiro atoms. The largest absolute Gasteiger partial charge is 0.228 e. The van der Waals surface area contributed by atoms with Crippen LogP contribution in [0.25, 0.3) is 112 Å². The Hall–Kier alpha value is -8.15. The minimum atomic E-state index is 0.611. The summed E-state index contributed by atoms with van der Waals surface area (Å²) in [7, 11) is 0. The predicted molar refractivity (Wildman–Crippen MR) is 246 cm³/mol. The lowest BCUT2D eigenvalue weighted by atomic mass is 9.92. The molecule has 2 aromatic heterocycles. The van der Waals surface area contributed by atoms with Gasteiger partial charge in [0.1, 0.15) is 0 Å². The Balaban J connectivity index is 1.05. The summed E-state index contributed by atoms with van der Waals surface area (Å²) in [6, 6.07) is 73.5. The van der Waals surface area contributed by atoms with E-state index in [1.165, 1.54) is 21.5 Å². The van der Waals surface area contributed by atoms with Crippen LogP contribution >= 0.6 is 0 Å². The Labute approximate surface area is 347 Å². The third-order valence-corrected chi connectivity index (χ3v) is 11.1. The Kier molecular flexibility index (Phi) is 8.75. The van der Waals surface area contributed by atoms with E-state index in [-0.39, 0.29) is 0 Å². The lowest BCUT2D eigenvalue weighted by Crippen LogP contribution is -2.01. The van der Waals surface area contributed by atoms with Crippen molar-refractivity contribution < 1.29 is 0 Å². The lowest BCUT2D eigenvalue weighted by molar-refractivity contribution is 1.07. The molecule has 5 heteroatoms. The Morgan fingerprint density at radius 1 is 0.233 bits per heavy atom. The molecule has 0 bridgehead atoms. The fourth-order valence-corrected chi connectivity index (χ4v) is 8.14. The number of hydrogen-bond acceptors (Lipinski definition) is 5. The number of hydrogen-bond donors (Lipinski definition) is 0. The van der Waals surface area contributed by atoms with Gasteiger partial charge >= 0.3 is 0 Å². The van der Waals surface area contributed by atoms with Crippen LogP contribution in [0.5, 0.6) is 0 Å². The third-order valence-electron chi connectivity index (χ3n) is 11.1. The van der Waals surface area contributed by atoms with Crippen LogP contribution in [0.2, 0.25) is 0 Å². The number of nitrogens with zero attached hydrogens (tertiary/aromatic N) is 5. The quantitative estimate of drug-likeness (QED) is 0.151. The van der Waals surface area contributed by atoms with Crippen molar-refractivity contribution in [2.45, 2.75) is 0 Å². The summed E-state index contributed by atoms with van der Waals surface area (Å²) >= 11 is 0. The molecule has 11 aromatic rings. The van der Waals surface area contributed by atoms with E-state index in [0.717, 1.165) is 66.7 Å². The molecule has 60 heavy (non-hydrogen) atoms. The molecule has 5 nitrogen and oxygen atoms in total. The molecule has 0 unspecified atom stereocenters. The smallest absolute Gasteiger partial charge is 0.164 e. The van der Waals surface area contributed by atoms with Gasteiger partial charge in [-0.2, -0.15) is 0 Å². The van der Waals surface area contributed by atoms with Crippen LogP contribution in [-0.2, 0) is 0 Å². The van der Waals surface area contributed by atoms with Crippen LogP contribution in [-0.4, -0.2) is 24.9 Å². The molecule has 0 aliphatic carbocycles. The van der Waals surface area contributed by atoms with E-state index in [2.05, 4.69) is 133 Å². The molecule has 280 valence electrons. The average molecular weight is 766 g/mol. The minimum Gasteiger partial charge on any atom is -0.228 e. The molecule has 9 aromatic carbocycles. The van der Waals surface area contributed by atoms with E-state index >= 15 is 0 Å². The van der Waals surface area contributed by atoms with Crippen molar-refractivity contribution in [1.82, 2.24) is 24.9 Å². The van der Waals surface area contributed by atoms with Crippen LogP contribution in [0.3, 0.4) is 0 Å². The van der Waals surface area contributed by atoms with Gasteiger partial charge in [-0.3, -0.25) is 0 Å². The van der Waals surface area contributed by atoms with Gasteiger partial charge in [0.15, 0.2) is 23.3 Å². The summed E-state index contributed by atoms with van der Waals surface area (Å²) in [6.45, 7) is 0. The number of fused-ring (bicyclic) bond motifs is 4. The van der Waals surface area contributed by atoms with Crippen molar-refractivity contribution in [3.05, 3.63) is 212 Å². The summed E-state index contributed by atoms with van der Waals surface area (Å²) in [5.74, 6) is 2.52. The average Bonchev–Trinajstić information content (AvgIpc) is 3.34. The van der Waals surface area contributed by atoms with Gasteiger partial charge in [-0.25, -0.2) is 24.9 Å². The first-order valence-electron chi connectivity index (χ1n) is 20.1. The van der Waals surface area contributed by atoms with Crippen molar-refractivity contribution in [2.75, 3.05) is 0 Å². The molecule has 0 fully saturated rings. The fraction of sp³-hybridized carbons (Fsp3) is 0. The Morgan fingerprint density at radius 2 is 0.667 bits per heavy atom. The van der Waals surface area contributed by atoms with Crippen LogP contribution < -0.4 is 0 Å². The van der Waals surface area contributed by atoms with Gasteiger partial charge in [0.25, 0.3) is 0 Å². The summed E-state index contributed by atoms with van der Waals surface area (Å²) < 4.78 is 0. The van der Waals surface area contributed by atoms with E-state index < -0.39 is 0 Å². The minimum absolute atomic E-state index is 0.611. The summed E-state index contributed by atoms with van der Waals surface area (Å²) in [4.78, 5) is 25.6. The van der Waals surface area contributed by atoms with Gasteiger partial charge in [-0.1, -0.05) is 194 Å². The molecular weight excluding hydrogens is 731 g/mol. The highest BCUT2D eigenvalue weighted by Crippen LogP contribution is 2.39. The number of aromatic nitrogens is 5. The van der Waals surface area contributed by atoms with Crippen LogP contribution in [0.1, 0.15) is 0 Å². The lowest BCUT2D eigenvalue weighted by Gasteiger charge is -2.15. The summed E-state index contributed by atoms with van der Waals surface area (Å²) in [6.07, 6.45) is 0. The van der Waals surface area contributed by atoms with Crippen molar-refractivity contribution in [3.8, 4) is 79.2 Å². The first-order valence-corrected chi connectivity index (χ1v) is 20.1. The first-order chi connectivity index (χ1) is 29.7. The molecule has 0 saturated carbocycles. The zero-order chi connectivity index (χ0) is 39.8. The highest BCUT2D eigenvalue weighted by molar-refractivity contribution is 6.08. The molecular formula is C55H35N5. The number of benzene rings is 9. The van der Waals surface area contributed by atoms with Crippen LogP contribution in [0.4, 0.5) is 0 Å². The zero-order valence-corrected chi connectivity index (χ0v) is 32.4. The molecule has 0 radical (unpaired) electrons. The van der Waals surface area contributed by atoms with E-state index in [1.807, 2.05) is 78.9 Å². The van der Waals surface area contributed by atoms with E-state index in [9.17, 15) is 0 Å². The maximum atomic E-state index is 5.22. The van der Waals surface area contributed by atoms with Gasteiger partial charge < -0.3 is 0 Å². The topological polar surface area (TPSA) is 64.5 Å². The molecule has 0 N–H and O–H groups in total. The Morgan fingerprint density at radius 3 is 1.33 bits per heavy atom.